The van der Waals surface area contributed by atoms with Gasteiger partial charge in [0.1, 0.15) is 0 Å². The SMILES string of the molecule is COC(=O)CCC[C@H](O[Si](C)(C)C(C)(C)C)[C@@H](/C=C/I)O[Si](C)(C)C(C)(C)C. The molecule has 7 heteroatoms. The van der Waals surface area contributed by atoms with Gasteiger partial charge in [0.2, 0.25) is 0 Å². The zero-order valence-electron chi connectivity index (χ0n) is 19.9. The van der Waals surface area contributed by atoms with Crippen molar-refractivity contribution in [1.82, 2.24) is 0 Å². The van der Waals surface area contributed by atoms with E-state index in [-0.39, 0.29) is 28.3 Å². The monoisotopic (exact) mass is 542 g/mol. The van der Waals surface area contributed by atoms with Crippen LogP contribution in [0.3, 0.4) is 0 Å². The summed E-state index contributed by atoms with van der Waals surface area (Å²) in [5.41, 5.74) is 0. The predicted octanol–water partition coefficient (Wildman–Crippen LogP) is 7.06. The maximum atomic E-state index is 11.6. The zero-order chi connectivity index (χ0) is 22.4. The van der Waals surface area contributed by atoms with Gasteiger partial charge in [0.05, 0.1) is 19.3 Å². The molecule has 0 amide bonds. The molecule has 0 saturated carbocycles. The normalized spacial score (nSPS) is 16.3. The summed E-state index contributed by atoms with van der Waals surface area (Å²) < 4.78 is 20.4. The highest BCUT2D eigenvalue weighted by molar-refractivity contribution is 14.1. The van der Waals surface area contributed by atoms with Crippen molar-refractivity contribution in [3.8, 4) is 0 Å². The molecule has 0 aliphatic carbocycles. The average Bonchev–Trinajstić information content (AvgIpc) is 2.50. The summed E-state index contributed by atoms with van der Waals surface area (Å²) in [6, 6.07) is 0. The van der Waals surface area contributed by atoms with E-state index in [9.17, 15) is 4.79 Å². The molecule has 0 aromatic heterocycles. The van der Waals surface area contributed by atoms with Crippen LogP contribution in [0.4, 0.5) is 0 Å². The number of esters is 1. The molecule has 0 aliphatic heterocycles. The molecule has 166 valence electrons. The van der Waals surface area contributed by atoms with Crippen LogP contribution in [0.2, 0.25) is 36.3 Å². The second-order valence-corrected chi connectivity index (χ2v) is 20.8. The minimum absolute atomic E-state index is 0.0642. The third-order valence-corrected chi connectivity index (χ3v) is 15.6. The van der Waals surface area contributed by atoms with Crippen molar-refractivity contribution < 1.29 is 18.4 Å². The lowest BCUT2D eigenvalue weighted by atomic mass is 10.1. The smallest absolute Gasteiger partial charge is 0.305 e. The van der Waals surface area contributed by atoms with Gasteiger partial charge in [-0.2, -0.15) is 0 Å². The fourth-order valence-electron chi connectivity index (χ4n) is 2.22. The molecule has 0 aromatic carbocycles. The summed E-state index contributed by atoms with van der Waals surface area (Å²) in [5.74, 6) is -0.169. The standard InChI is InChI=1S/C21H43IO4Si2/c1-20(2,3)27(8,9)25-17(13-12-14-19(23)24-7)18(15-16-22)26-28(10,11)21(4,5)6/h15-18H,12-14H2,1-11H3/b16-15+/t17-,18+/m0/s1. The Morgan fingerprint density at radius 1 is 0.964 bits per heavy atom. The molecule has 0 unspecified atom stereocenters. The Hall–Kier alpha value is 0.294. The highest BCUT2D eigenvalue weighted by Crippen LogP contribution is 2.41. The Morgan fingerprint density at radius 3 is 1.82 bits per heavy atom. The van der Waals surface area contributed by atoms with Gasteiger partial charge >= 0.3 is 5.97 Å². The van der Waals surface area contributed by atoms with Crippen molar-refractivity contribution in [3.05, 3.63) is 10.2 Å². The molecule has 0 rings (SSSR count). The van der Waals surface area contributed by atoms with Crippen LogP contribution in [-0.4, -0.2) is 41.9 Å². The highest BCUT2D eigenvalue weighted by Gasteiger charge is 2.44. The molecule has 0 saturated heterocycles. The molecule has 28 heavy (non-hydrogen) atoms. The molecule has 4 nitrogen and oxygen atoms in total. The first-order valence-corrected chi connectivity index (χ1v) is 17.2. The molecule has 0 bridgehead atoms. The number of methoxy groups -OCH3 is 1. The maximum absolute atomic E-state index is 11.6. The number of ether oxygens (including phenoxy) is 1. The molecular formula is C21H43IO4Si2. The lowest BCUT2D eigenvalue weighted by Crippen LogP contribution is -2.51. The highest BCUT2D eigenvalue weighted by atomic mass is 127. The van der Waals surface area contributed by atoms with Gasteiger partial charge in [-0.25, -0.2) is 0 Å². The maximum Gasteiger partial charge on any atom is 0.305 e. The van der Waals surface area contributed by atoms with Gasteiger partial charge in [-0.3, -0.25) is 4.79 Å². The summed E-state index contributed by atoms with van der Waals surface area (Å²) in [5, 5.41) is 0.237. The summed E-state index contributed by atoms with van der Waals surface area (Å²) in [6.07, 6.45) is 3.88. The first-order valence-electron chi connectivity index (χ1n) is 10.2. The van der Waals surface area contributed by atoms with Crippen molar-refractivity contribution >= 4 is 45.2 Å². The van der Waals surface area contributed by atoms with Crippen molar-refractivity contribution in [3.63, 3.8) is 0 Å². The van der Waals surface area contributed by atoms with E-state index in [1.165, 1.54) is 7.11 Å². The summed E-state index contributed by atoms with van der Waals surface area (Å²) in [4.78, 5) is 11.6. The molecule has 0 N–H and O–H groups in total. The minimum Gasteiger partial charge on any atom is -0.469 e. The van der Waals surface area contributed by atoms with Crippen LogP contribution in [0.1, 0.15) is 60.8 Å². The summed E-state index contributed by atoms with van der Waals surface area (Å²) in [7, 11) is -2.51. The van der Waals surface area contributed by atoms with Crippen LogP contribution in [-0.2, 0) is 18.4 Å². The molecule has 2 atom stereocenters. The Balaban J connectivity index is 5.69. The Labute approximate surface area is 189 Å². The molecule has 0 radical (unpaired) electrons. The lowest BCUT2D eigenvalue weighted by Gasteiger charge is -2.44. The van der Waals surface area contributed by atoms with Crippen molar-refractivity contribution in [2.24, 2.45) is 0 Å². The van der Waals surface area contributed by atoms with Gasteiger partial charge in [0.25, 0.3) is 0 Å². The van der Waals surface area contributed by atoms with Crippen molar-refractivity contribution in [2.45, 2.75) is 109 Å². The van der Waals surface area contributed by atoms with E-state index in [0.717, 1.165) is 12.8 Å². The van der Waals surface area contributed by atoms with Gasteiger partial charge in [0.15, 0.2) is 16.6 Å². The van der Waals surface area contributed by atoms with Gasteiger partial charge in [-0.15, -0.1) is 0 Å². The zero-order valence-corrected chi connectivity index (χ0v) is 24.1. The molecule has 0 aliphatic rings. The number of carbonyl (C=O) groups is 1. The fourth-order valence-corrected chi connectivity index (χ4v) is 5.26. The first-order chi connectivity index (χ1) is 12.5. The van der Waals surface area contributed by atoms with E-state index in [1.54, 1.807) is 0 Å². The largest absolute Gasteiger partial charge is 0.469 e. The molecular weight excluding hydrogens is 499 g/mol. The van der Waals surface area contributed by atoms with Crippen LogP contribution >= 0.6 is 22.6 Å². The molecule has 0 heterocycles. The van der Waals surface area contributed by atoms with E-state index in [0.29, 0.717) is 6.42 Å². The van der Waals surface area contributed by atoms with Crippen molar-refractivity contribution in [2.75, 3.05) is 7.11 Å². The average molecular weight is 543 g/mol. The number of hydrogen-bond acceptors (Lipinski definition) is 4. The second kappa shape index (κ2) is 11.1. The predicted molar refractivity (Wildman–Crippen MR) is 133 cm³/mol. The van der Waals surface area contributed by atoms with E-state index in [1.807, 2.05) is 4.08 Å². The molecule has 0 spiro atoms. The molecule has 0 aromatic rings. The number of hydrogen-bond donors (Lipinski definition) is 0. The minimum atomic E-state index is -1.98. The second-order valence-electron chi connectivity index (χ2n) is 10.5. The van der Waals surface area contributed by atoms with E-state index < -0.39 is 16.6 Å². The van der Waals surface area contributed by atoms with Gasteiger partial charge in [-0.1, -0.05) is 64.1 Å². The molecule has 0 fully saturated rings. The quantitative estimate of drug-likeness (QED) is 0.168. The van der Waals surface area contributed by atoms with E-state index in [4.69, 9.17) is 13.6 Å². The Bertz CT molecular complexity index is 519. The third kappa shape index (κ3) is 8.97. The van der Waals surface area contributed by atoms with Crippen LogP contribution in [0.15, 0.2) is 10.2 Å². The van der Waals surface area contributed by atoms with Crippen molar-refractivity contribution in [1.29, 1.82) is 0 Å². The summed E-state index contributed by atoms with van der Waals surface area (Å²) in [6.45, 7) is 22.6. The van der Waals surface area contributed by atoms with Gasteiger partial charge in [-0.05, 0) is 59.3 Å². The van der Waals surface area contributed by atoms with Crippen LogP contribution in [0, 0.1) is 0 Å². The Kier molecular flexibility index (Phi) is 11.2. The number of rotatable bonds is 10. The van der Waals surface area contributed by atoms with Gasteiger partial charge in [0, 0.05) is 6.42 Å². The number of carbonyl (C=O) groups excluding carboxylic acids is 1. The third-order valence-electron chi connectivity index (χ3n) is 6.22. The lowest BCUT2D eigenvalue weighted by molar-refractivity contribution is -0.140. The van der Waals surface area contributed by atoms with Gasteiger partial charge < -0.3 is 13.6 Å². The topological polar surface area (TPSA) is 44.8 Å². The number of halogens is 1. The Morgan fingerprint density at radius 2 is 1.43 bits per heavy atom. The van der Waals surface area contributed by atoms with E-state index >= 15 is 0 Å². The fraction of sp³-hybridized carbons (Fsp3) is 0.857. The first kappa shape index (κ1) is 28.3. The van der Waals surface area contributed by atoms with Crippen LogP contribution in [0.25, 0.3) is 0 Å². The summed E-state index contributed by atoms with van der Waals surface area (Å²) >= 11 is 2.25. The van der Waals surface area contributed by atoms with Crippen LogP contribution < -0.4 is 0 Å². The van der Waals surface area contributed by atoms with E-state index in [2.05, 4.69) is 96.4 Å². The van der Waals surface area contributed by atoms with Crippen LogP contribution in [0.5, 0.6) is 0 Å².